The minimum Gasteiger partial charge on any atom is -0.458 e. The number of hydrogen-bond acceptors (Lipinski definition) is 4. The standard InChI is InChI=1S/C17H25NO3/c1-12(2)5-8-17(20,13(3)4)16(19)21-15-11-18-9-6-14(15)7-10-18/h13-15,20H,1,6-7,9-11H2,2-4H3/t15-,17+/m1/s1. The Hall–Kier alpha value is -1.31. The highest BCUT2D eigenvalue weighted by molar-refractivity contribution is 5.84. The van der Waals surface area contributed by atoms with Gasteiger partial charge in [-0.1, -0.05) is 32.3 Å². The van der Waals surface area contributed by atoms with Crippen LogP contribution in [-0.4, -0.2) is 47.3 Å². The topological polar surface area (TPSA) is 49.8 Å². The Balaban J connectivity index is 2.09. The van der Waals surface area contributed by atoms with Gasteiger partial charge in [0.25, 0.3) is 0 Å². The van der Waals surface area contributed by atoms with Crippen molar-refractivity contribution in [3.05, 3.63) is 12.2 Å². The third kappa shape index (κ3) is 3.48. The second kappa shape index (κ2) is 6.21. The van der Waals surface area contributed by atoms with Crippen LogP contribution in [0.4, 0.5) is 0 Å². The average Bonchev–Trinajstić information content (AvgIpc) is 2.45. The number of fused-ring (bicyclic) bond motifs is 3. The Kier molecular flexibility index (Phi) is 4.75. The molecule has 21 heavy (non-hydrogen) atoms. The van der Waals surface area contributed by atoms with Gasteiger partial charge in [0.15, 0.2) is 0 Å². The van der Waals surface area contributed by atoms with E-state index in [9.17, 15) is 9.90 Å². The number of rotatable bonds is 3. The largest absolute Gasteiger partial charge is 0.458 e. The summed E-state index contributed by atoms with van der Waals surface area (Å²) in [5.74, 6) is 4.83. The van der Waals surface area contributed by atoms with E-state index in [0.29, 0.717) is 11.5 Å². The second-order valence-electron chi connectivity index (χ2n) is 6.53. The Morgan fingerprint density at radius 3 is 2.48 bits per heavy atom. The molecule has 0 aromatic rings. The summed E-state index contributed by atoms with van der Waals surface area (Å²) < 4.78 is 5.62. The minimum absolute atomic E-state index is 0.114. The molecule has 3 fully saturated rings. The number of nitrogens with zero attached hydrogens (tertiary/aromatic N) is 1. The molecule has 0 spiro atoms. The second-order valence-corrected chi connectivity index (χ2v) is 6.53. The van der Waals surface area contributed by atoms with E-state index in [2.05, 4.69) is 23.3 Å². The Morgan fingerprint density at radius 2 is 2.05 bits per heavy atom. The summed E-state index contributed by atoms with van der Waals surface area (Å²) >= 11 is 0. The van der Waals surface area contributed by atoms with Crippen LogP contribution in [-0.2, 0) is 9.53 Å². The average molecular weight is 291 g/mol. The number of esters is 1. The van der Waals surface area contributed by atoms with Crippen molar-refractivity contribution in [3.63, 3.8) is 0 Å². The number of hydrogen-bond donors (Lipinski definition) is 1. The van der Waals surface area contributed by atoms with Gasteiger partial charge in [-0.2, -0.15) is 0 Å². The molecule has 3 rings (SSSR count). The van der Waals surface area contributed by atoms with Crippen LogP contribution in [0.1, 0.15) is 33.6 Å². The van der Waals surface area contributed by atoms with E-state index in [4.69, 9.17) is 4.74 Å². The van der Waals surface area contributed by atoms with E-state index in [1.165, 1.54) is 0 Å². The molecule has 1 N–H and O–H groups in total. The van der Waals surface area contributed by atoms with Crippen molar-refractivity contribution in [1.29, 1.82) is 0 Å². The van der Waals surface area contributed by atoms with Crippen molar-refractivity contribution in [2.45, 2.75) is 45.3 Å². The van der Waals surface area contributed by atoms with Crippen LogP contribution in [0, 0.1) is 23.7 Å². The predicted molar refractivity (Wildman–Crippen MR) is 81.4 cm³/mol. The van der Waals surface area contributed by atoms with Gasteiger partial charge in [-0.15, -0.1) is 0 Å². The van der Waals surface area contributed by atoms with Crippen molar-refractivity contribution < 1.29 is 14.6 Å². The normalized spacial score (nSPS) is 30.2. The molecule has 0 aromatic heterocycles. The highest BCUT2D eigenvalue weighted by Crippen LogP contribution is 2.31. The van der Waals surface area contributed by atoms with Gasteiger partial charge in [0, 0.05) is 12.5 Å². The van der Waals surface area contributed by atoms with E-state index in [0.717, 1.165) is 32.5 Å². The van der Waals surface area contributed by atoms with Crippen molar-refractivity contribution >= 4 is 5.97 Å². The molecule has 4 nitrogen and oxygen atoms in total. The van der Waals surface area contributed by atoms with E-state index >= 15 is 0 Å². The Labute approximate surface area is 127 Å². The zero-order valence-corrected chi connectivity index (χ0v) is 13.2. The maximum Gasteiger partial charge on any atom is 0.351 e. The fraction of sp³-hybridized carbons (Fsp3) is 0.706. The first-order chi connectivity index (χ1) is 9.83. The molecule has 2 bridgehead atoms. The molecule has 0 unspecified atom stereocenters. The van der Waals surface area contributed by atoms with Gasteiger partial charge in [-0.25, -0.2) is 4.79 Å². The maximum atomic E-state index is 12.4. The van der Waals surface area contributed by atoms with Gasteiger partial charge in [-0.3, -0.25) is 4.90 Å². The monoisotopic (exact) mass is 291 g/mol. The molecular weight excluding hydrogens is 266 g/mol. The van der Waals surface area contributed by atoms with Gasteiger partial charge in [-0.05, 0) is 44.3 Å². The molecule has 3 saturated heterocycles. The summed E-state index contributed by atoms with van der Waals surface area (Å²) in [5.41, 5.74) is -1.14. The minimum atomic E-state index is -1.76. The lowest BCUT2D eigenvalue weighted by Crippen LogP contribution is -2.54. The fourth-order valence-corrected chi connectivity index (χ4v) is 2.90. The molecule has 2 atom stereocenters. The van der Waals surface area contributed by atoms with Crippen LogP contribution in [0.15, 0.2) is 12.2 Å². The molecule has 3 heterocycles. The molecule has 3 aliphatic rings. The summed E-state index contributed by atoms with van der Waals surface area (Å²) in [7, 11) is 0. The van der Waals surface area contributed by atoms with Gasteiger partial charge < -0.3 is 9.84 Å². The van der Waals surface area contributed by atoms with E-state index in [1.54, 1.807) is 20.8 Å². The molecular formula is C17H25NO3. The van der Waals surface area contributed by atoms with Crippen molar-refractivity contribution in [1.82, 2.24) is 4.90 Å². The number of piperidine rings is 3. The summed E-state index contributed by atoms with van der Waals surface area (Å²) in [4.78, 5) is 14.8. The highest BCUT2D eigenvalue weighted by atomic mass is 16.6. The summed E-state index contributed by atoms with van der Waals surface area (Å²) in [6, 6.07) is 0. The van der Waals surface area contributed by atoms with Gasteiger partial charge in [0.2, 0.25) is 5.60 Å². The van der Waals surface area contributed by atoms with Gasteiger partial charge in [0.1, 0.15) is 6.10 Å². The van der Waals surface area contributed by atoms with Crippen LogP contribution in [0.2, 0.25) is 0 Å². The maximum absolute atomic E-state index is 12.4. The highest BCUT2D eigenvalue weighted by Gasteiger charge is 2.44. The van der Waals surface area contributed by atoms with Crippen molar-refractivity contribution in [3.8, 4) is 11.8 Å². The molecule has 0 aliphatic carbocycles. The van der Waals surface area contributed by atoms with Crippen molar-refractivity contribution in [2.24, 2.45) is 11.8 Å². The smallest absolute Gasteiger partial charge is 0.351 e. The lowest BCUT2D eigenvalue weighted by molar-refractivity contribution is -0.177. The summed E-state index contributed by atoms with van der Waals surface area (Å²) in [5, 5.41) is 10.6. The number of carbonyl (C=O) groups excluding carboxylic acids is 1. The predicted octanol–water partition coefficient (Wildman–Crippen LogP) is 1.59. The number of allylic oxidation sites excluding steroid dienone is 1. The van der Waals surface area contributed by atoms with Crippen LogP contribution in [0.5, 0.6) is 0 Å². The molecule has 0 saturated carbocycles. The van der Waals surface area contributed by atoms with Gasteiger partial charge >= 0.3 is 5.97 Å². The molecule has 4 heteroatoms. The molecule has 0 radical (unpaired) electrons. The third-order valence-corrected chi connectivity index (χ3v) is 4.47. The first kappa shape index (κ1) is 16.1. The van der Waals surface area contributed by atoms with Crippen LogP contribution < -0.4 is 0 Å². The Bertz CT molecular complexity index is 480. The lowest BCUT2D eigenvalue weighted by atomic mass is 9.85. The van der Waals surface area contributed by atoms with Crippen LogP contribution in [0.3, 0.4) is 0 Å². The number of aliphatic hydroxyl groups is 1. The van der Waals surface area contributed by atoms with E-state index in [-0.39, 0.29) is 12.0 Å². The van der Waals surface area contributed by atoms with Crippen molar-refractivity contribution in [2.75, 3.05) is 19.6 Å². The fourth-order valence-electron chi connectivity index (χ4n) is 2.90. The third-order valence-electron chi connectivity index (χ3n) is 4.47. The molecule has 0 aromatic carbocycles. The zero-order valence-electron chi connectivity index (χ0n) is 13.2. The summed E-state index contributed by atoms with van der Waals surface area (Å²) in [6.07, 6.45) is 2.02. The van der Waals surface area contributed by atoms with E-state index < -0.39 is 11.6 Å². The lowest BCUT2D eigenvalue weighted by Gasteiger charge is -2.44. The van der Waals surface area contributed by atoms with Gasteiger partial charge in [0.05, 0.1) is 0 Å². The van der Waals surface area contributed by atoms with Crippen LogP contribution >= 0.6 is 0 Å². The quantitative estimate of drug-likeness (QED) is 0.634. The first-order valence-corrected chi connectivity index (χ1v) is 7.67. The number of carbonyl (C=O) groups is 1. The zero-order chi connectivity index (χ0) is 15.6. The van der Waals surface area contributed by atoms with E-state index in [1.807, 2.05) is 0 Å². The summed E-state index contributed by atoms with van der Waals surface area (Å²) in [6.45, 7) is 11.9. The molecule has 0 amide bonds. The SMILES string of the molecule is C=C(C)C#C[C@@](O)(C(=O)O[C@@H]1CN2CCC1CC2)C(C)C. The number of ether oxygens (including phenoxy) is 1. The first-order valence-electron chi connectivity index (χ1n) is 7.67. The molecule has 3 aliphatic heterocycles. The molecule has 116 valence electrons. The Morgan fingerprint density at radius 1 is 1.43 bits per heavy atom. The van der Waals surface area contributed by atoms with Crippen LogP contribution in [0.25, 0.3) is 0 Å².